The number of hydrogen-bond acceptors (Lipinski definition) is 12. The van der Waals surface area contributed by atoms with Gasteiger partial charge in [0.05, 0.1) is 0 Å². The standard InChI is InChI=1S/C24H30N6.C22H28N6.2C2H6.4CH4/c1-6-10-19-13-14-20(15-17(19)4)26-23-28-22(25-18(5)7-2)29-24(30-23)27-21-12-9-8-11-16(21)3;1-6-17(5)23-20-26-21(24-18-12-11-14(2)16(4)13-18)28-22(27-20)25-19-10-8-7-9-15(19)3;2*1-2;;;;/h6,8-15,18H,7H2,1-5H3,(H3,25,26,27,28,29,30);7-13,17H,6H2,1-5H3,(H3,23,24,25,26,27,28);2*1-2H3;4*1H4. The maximum Gasteiger partial charge on any atom is 0.233 e. The summed E-state index contributed by atoms with van der Waals surface area (Å²) in [4.78, 5) is 27.4. The first kappa shape index (κ1) is 61.5. The van der Waals surface area contributed by atoms with Crippen LogP contribution in [0.1, 0.15) is 138 Å². The number of rotatable bonds is 15. The van der Waals surface area contributed by atoms with Crippen molar-refractivity contribution in [3.63, 3.8) is 0 Å². The van der Waals surface area contributed by atoms with Crippen molar-refractivity contribution in [1.29, 1.82) is 0 Å². The molecule has 2 unspecified atom stereocenters. The molecule has 0 amide bonds. The number of benzene rings is 4. The summed E-state index contributed by atoms with van der Waals surface area (Å²) in [5.41, 5.74) is 10.9. The third-order valence-corrected chi connectivity index (χ3v) is 9.66. The van der Waals surface area contributed by atoms with Gasteiger partial charge in [-0.15, -0.1) is 0 Å². The molecule has 0 aliphatic rings. The fourth-order valence-corrected chi connectivity index (χ4v) is 5.61. The minimum Gasteiger partial charge on any atom is -0.352 e. The molecule has 362 valence electrons. The average Bonchev–Trinajstić information content (AvgIpc) is 3.26. The quantitative estimate of drug-likeness (QED) is 0.0582. The van der Waals surface area contributed by atoms with Crippen LogP contribution in [0, 0.1) is 34.6 Å². The molecule has 4 aromatic carbocycles. The fraction of sp³-hybridized carbons (Fsp3) is 0.407. The zero-order valence-electron chi connectivity index (χ0n) is 39.5. The van der Waals surface area contributed by atoms with Gasteiger partial charge in [-0.3, -0.25) is 0 Å². The SMILES string of the molecule is C.C.C.C.CC.CC.CC=Cc1ccc(Nc2nc(Nc3ccccc3C)nc(NC(C)CC)n2)cc1C.CCC(C)Nc1nc(Nc2ccc(C)c(C)c2)nc(Nc2ccccc2C)n1. The van der Waals surface area contributed by atoms with Gasteiger partial charge in [0.25, 0.3) is 0 Å². The molecule has 0 aliphatic carbocycles. The highest BCUT2D eigenvalue weighted by Crippen LogP contribution is 2.25. The van der Waals surface area contributed by atoms with E-state index in [1.165, 1.54) is 22.3 Å². The Hall–Kier alpha value is -6.56. The van der Waals surface area contributed by atoms with Crippen molar-refractivity contribution < 1.29 is 0 Å². The molecule has 2 atom stereocenters. The van der Waals surface area contributed by atoms with Crippen LogP contribution in [0.5, 0.6) is 0 Å². The Labute approximate surface area is 400 Å². The Morgan fingerprint density at radius 2 is 0.803 bits per heavy atom. The third kappa shape index (κ3) is 19.7. The Kier molecular flexibility index (Phi) is 30.0. The molecule has 12 heteroatoms. The van der Waals surface area contributed by atoms with Gasteiger partial charge in [-0.1, -0.05) is 132 Å². The summed E-state index contributed by atoms with van der Waals surface area (Å²) in [5.74, 6) is 3.08. The number of allylic oxidation sites excluding steroid dienone is 1. The number of aryl methyl sites for hydroxylation is 5. The summed E-state index contributed by atoms with van der Waals surface area (Å²) < 4.78 is 0. The Balaban J connectivity index is 0. The van der Waals surface area contributed by atoms with Crippen LogP contribution in [0.4, 0.5) is 58.4 Å². The Morgan fingerprint density at radius 1 is 0.439 bits per heavy atom. The molecule has 0 aliphatic heterocycles. The van der Waals surface area contributed by atoms with Gasteiger partial charge in [-0.25, -0.2) is 0 Å². The van der Waals surface area contributed by atoms with Gasteiger partial charge in [0.2, 0.25) is 35.7 Å². The zero-order valence-corrected chi connectivity index (χ0v) is 39.5. The highest BCUT2D eigenvalue weighted by Gasteiger charge is 2.13. The number of nitrogens with zero attached hydrogens (tertiary/aromatic N) is 6. The van der Waals surface area contributed by atoms with Crippen molar-refractivity contribution in [3.05, 3.63) is 124 Å². The summed E-state index contributed by atoms with van der Waals surface area (Å²) >= 11 is 0. The summed E-state index contributed by atoms with van der Waals surface area (Å²) in [6.07, 6.45) is 6.09. The smallest absolute Gasteiger partial charge is 0.233 e. The van der Waals surface area contributed by atoms with E-state index in [-0.39, 0.29) is 41.8 Å². The second-order valence-electron chi connectivity index (χ2n) is 14.5. The maximum absolute atomic E-state index is 4.59. The molecule has 12 nitrogen and oxygen atoms in total. The maximum atomic E-state index is 4.59. The summed E-state index contributed by atoms with van der Waals surface area (Å²) in [6.45, 7) is 28.9. The molecule has 0 fully saturated rings. The largest absolute Gasteiger partial charge is 0.352 e. The lowest BCUT2D eigenvalue weighted by Crippen LogP contribution is -2.17. The molecule has 0 bridgehead atoms. The van der Waals surface area contributed by atoms with Crippen LogP contribution < -0.4 is 31.9 Å². The molecule has 66 heavy (non-hydrogen) atoms. The summed E-state index contributed by atoms with van der Waals surface area (Å²) in [7, 11) is 0. The van der Waals surface area contributed by atoms with Crippen molar-refractivity contribution in [2.45, 2.75) is 152 Å². The Bertz CT molecular complexity index is 2310. The number of hydrogen-bond donors (Lipinski definition) is 6. The van der Waals surface area contributed by atoms with Crippen molar-refractivity contribution >= 4 is 64.5 Å². The lowest BCUT2D eigenvalue weighted by molar-refractivity contribution is 0.751. The van der Waals surface area contributed by atoms with Crippen LogP contribution >= 0.6 is 0 Å². The van der Waals surface area contributed by atoms with E-state index in [1.54, 1.807) is 0 Å². The number of para-hydroxylation sites is 2. The molecule has 0 saturated carbocycles. The van der Waals surface area contributed by atoms with E-state index in [0.29, 0.717) is 35.7 Å². The average molecular weight is 903 g/mol. The van der Waals surface area contributed by atoms with Crippen LogP contribution in [0.2, 0.25) is 0 Å². The molecular formula is C54H86N12. The first-order valence-corrected chi connectivity index (χ1v) is 22.0. The normalized spacial score (nSPS) is 10.6. The number of anilines is 10. The molecule has 0 radical (unpaired) electrons. The van der Waals surface area contributed by atoms with Crippen LogP contribution in [0.25, 0.3) is 6.08 Å². The van der Waals surface area contributed by atoms with Crippen LogP contribution in [-0.4, -0.2) is 42.0 Å². The molecule has 6 N–H and O–H groups in total. The van der Waals surface area contributed by atoms with E-state index in [0.717, 1.165) is 46.7 Å². The van der Waals surface area contributed by atoms with Gasteiger partial charge in [-0.2, -0.15) is 29.9 Å². The molecule has 0 saturated heterocycles. The molecule has 0 spiro atoms. The summed E-state index contributed by atoms with van der Waals surface area (Å²) in [5, 5.41) is 19.9. The van der Waals surface area contributed by atoms with Crippen molar-refractivity contribution in [3.8, 4) is 0 Å². The van der Waals surface area contributed by atoms with Gasteiger partial charge >= 0.3 is 0 Å². The molecule has 2 aromatic heterocycles. The predicted octanol–water partition coefficient (Wildman–Crippen LogP) is 16.3. The minimum absolute atomic E-state index is 0. The first-order chi connectivity index (χ1) is 29.9. The highest BCUT2D eigenvalue weighted by molar-refractivity contribution is 5.65. The predicted molar refractivity (Wildman–Crippen MR) is 293 cm³/mol. The number of nitrogens with one attached hydrogen (secondary N) is 6. The molecular weight excluding hydrogens is 817 g/mol. The van der Waals surface area contributed by atoms with Gasteiger partial charge in [0.15, 0.2) is 0 Å². The van der Waals surface area contributed by atoms with Crippen LogP contribution in [0.15, 0.2) is 91.0 Å². The lowest BCUT2D eigenvalue weighted by atomic mass is 10.1. The molecule has 2 heterocycles. The molecule has 6 rings (SSSR count). The van der Waals surface area contributed by atoms with Crippen molar-refractivity contribution in [2.75, 3.05) is 31.9 Å². The first-order valence-electron chi connectivity index (χ1n) is 22.0. The van der Waals surface area contributed by atoms with Gasteiger partial charge in [0.1, 0.15) is 0 Å². The van der Waals surface area contributed by atoms with Crippen LogP contribution in [0.3, 0.4) is 0 Å². The van der Waals surface area contributed by atoms with Gasteiger partial charge in [0, 0.05) is 34.8 Å². The van der Waals surface area contributed by atoms with Crippen LogP contribution in [-0.2, 0) is 0 Å². The van der Waals surface area contributed by atoms with Crippen molar-refractivity contribution in [1.82, 2.24) is 29.9 Å². The zero-order chi connectivity index (χ0) is 45.6. The highest BCUT2D eigenvalue weighted by atomic mass is 15.3. The van der Waals surface area contributed by atoms with E-state index in [9.17, 15) is 0 Å². The lowest BCUT2D eigenvalue weighted by Gasteiger charge is -2.15. The van der Waals surface area contributed by atoms with E-state index in [1.807, 2.05) is 89.2 Å². The summed E-state index contributed by atoms with van der Waals surface area (Å²) in [6, 6.07) is 29.1. The topological polar surface area (TPSA) is 150 Å². The monoisotopic (exact) mass is 903 g/mol. The second kappa shape index (κ2) is 32.2. The van der Waals surface area contributed by atoms with Crippen molar-refractivity contribution in [2.24, 2.45) is 0 Å². The molecule has 6 aromatic rings. The van der Waals surface area contributed by atoms with E-state index >= 15 is 0 Å². The fourth-order valence-electron chi connectivity index (χ4n) is 5.61. The Morgan fingerprint density at radius 3 is 1.17 bits per heavy atom. The third-order valence-electron chi connectivity index (χ3n) is 9.66. The van der Waals surface area contributed by atoms with Gasteiger partial charge in [-0.05, 0) is 138 Å². The number of aromatic nitrogens is 6. The van der Waals surface area contributed by atoms with E-state index < -0.39 is 0 Å². The van der Waals surface area contributed by atoms with E-state index in [4.69, 9.17) is 0 Å². The second-order valence-corrected chi connectivity index (χ2v) is 14.5. The van der Waals surface area contributed by atoms with Gasteiger partial charge < -0.3 is 31.9 Å². The van der Waals surface area contributed by atoms with E-state index in [2.05, 4.69) is 167 Å². The minimum atomic E-state index is 0.